The van der Waals surface area contributed by atoms with Crippen LogP contribution in [0.5, 0.6) is 0 Å². The third-order valence-corrected chi connectivity index (χ3v) is 7.34. The molecule has 33 heavy (non-hydrogen) atoms. The third-order valence-electron chi connectivity index (χ3n) is 5.37. The van der Waals surface area contributed by atoms with E-state index in [0.29, 0.717) is 10.9 Å². The van der Waals surface area contributed by atoms with Gasteiger partial charge in [-0.25, -0.2) is 0 Å². The van der Waals surface area contributed by atoms with Crippen molar-refractivity contribution >= 4 is 50.6 Å². The minimum atomic E-state index is 0.0926. The van der Waals surface area contributed by atoms with E-state index < -0.39 is 0 Å². The molecule has 0 radical (unpaired) electrons. The Morgan fingerprint density at radius 3 is 2.39 bits per heavy atom. The molecule has 1 N–H and O–H groups in total. The van der Waals surface area contributed by atoms with Crippen LogP contribution in [0.3, 0.4) is 0 Å². The summed E-state index contributed by atoms with van der Waals surface area (Å²) in [5, 5.41) is 13.4. The summed E-state index contributed by atoms with van der Waals surface area (Å²) in [6.07, 6.45) is 0. The highest BCUT2D eigenvalue weighted by Crippen LogP contribution is 2.36. The molecule has 0 amide bonds. The monoisotopic (exact) mass is 470 g/mol. The molecule has 0 aliphatic rings. The maximum Gasteiger partial charge on any atom is 0.210 e. The Labute approximate surface area is 200 Å². The lowest BCUT2D eigenvalue weighted by Crippen LogP contribution is -2.06. The Kier molecular flexibility index (Phi) is 6.24. The van der Waals surface area contributed by atoms with Gasteiger partial charge in [0.25, 0.3) is 0 Å². The number of hydrogen-bond acceptors (Lipinski definition) is 6. The Hall–Kier alpha value is -3.42. The van der Waals surface area contributed by atoms with Gasteiger partial charge in [0.1, 0.15) is 0 Å². The summed E-state index contributed by atoms with van der Waals surface area (Å²) in [6, 6.07) is 28.2. The maximum atomic E-state index is 13.6. The zero-order valence-corrected chi connectivity index (χ0v) is 19.7. The molecule has 0 saturated carbocycles. The van der Waals surface area contributed by atoms with Crippen LogP contribution < -0.4 is 5.32 Å². The van der Waals surface area contributed by atoms with Gasteiger partial charge in [-0.1, -0.05) is 89.8 Å². The number of ketones is 1. The molecule has 5 aromatic rings. The zero-order chi connectivity index (χ0) is 22.6. The smallest absolute Gasteiger partial charge is 0.210 e. The third kappa shape index (κ3) is 4.42. The fourth-order valence-electron chi connectivity index (χ4n) is 3.97. The summed E-state index contributed by atoms with van der Waals surface area (Å²) in [4.78, 5) is 13.6. The van der Waals surface area contributed by atoms with Crippen LogP contribution in [0.4, 0.5) is 10.8 Å². The Balaban J connectivity index is 1.42. The molecule has 7 heteroatoms. The van der Waals surface area contributed by atoms with E-state index in [-0.39, 0.29) is 5.78 Å². The van der Waals surface area contributed by atoms with Gasteiger partial charge in [-0.2, -0.15) is 0 Å². The van der Waals surface area contributed by atoms with Gasteiger partial charge in [-0.05, 0) is 30.7 Å². The lowest BCUT2D eigenvalue weighted by atomic mass is 10.0. The first kappa shape index (κ1) is 21.4. The van der Waals surface area contributed by atoms with Gasteiger partial charge in [-0.15, -0.1) is 10.2 Å². The Bertz CT molecular complexity index is 1390. The first-order valence-corrected chi connectivity index (χ1v) is 12.5. The molecule has 0 atom stereocenters. The molecule has 2 aromatic heterocycles. The second-order valence-corrected chi connectivity index (χ2v) is 9.63. The average Bonchev–Trinajstić information content (AvgIpc) is 3.45. The van der Waals surface area contributed by atoms with Crippen molar-refractivity contribution in [3.8, 4) is 11.3 Å². The van der Waals surface area contributed by atoms with E-state index in [4.69, 9.17) is 0 Å². The number of carbonyl (C=O) groups excluding carboxylic acids is 1. The Morgan fingerprint density at radius 1 is 0.939 bits per heavy atom. The zero-order valence-electron chi connectivity index (χ0n) is 18.1. The van der Waals surface area contributed by atoms with Crippen molar-refractivity contribution in [3.63, 3.8) is 0 Å². The van der Waals surface area contributed by atoms with Crippen LogP contribution in [0, 0.1) is 0 Å². The quantitative estimate of drug-likeness (QED) is 0.197. The molecule has 0 spiro atoms. The molecule has 0 aliphatic heterocycles. The van der Waals surface area contributed by atoms with E-state index in [9.17, 15) is 4.79 Å². The Morgan fingerprint density at radius 2 is 1.64 bits per heavy atom. The normalized spacial score (nSPS) is 11.1. The van der Waals surface area contributed by atoms with Crippen molar-refractivity contribution < 1.29 is 4.79 Å². The molecule has 3 aromatic carbocycles. The van der Waals surface area contributed by atoms with Crippen molar-refractivity contribution in [1.29, 1.82) is 0 Å². The molecule has 2 heterocycles. The fourth-order valence-corrected chi connectivity index (χ4v) is 5.62. The summed E-state index contributed by atoms with van der Waals surface area (Å²) in [5.41, 5.74) is 4.85. The van der Waals surface area contributed by atoms with E-state index in [1.165, 1.54) is 23.1 Å². The van der Waals surface area contributed by atoms with E-state index in [1.54, 1.807) is 0 Å². The van der Waals surface area contributed by atoms with Crippen molar-refractivity contribution in [1.82, 2.24) is 14.8 Å². The molecular weight excluding hydrogens is 448 g/mol. The van der Waals surface area contributed by atoms with Gasteiger partial charge >= 0.3 is 0 Å². The second-order valence-electron chi connectivity index (χ2n) is 7.43. The van der Waals surface area contributed by atoms with Crippen LogP contribution >= 0.6 is 23.1 Å². The van der Waals surface area contributed by atoms with E-state index >= 15 is 0 Å². The predicted octanol–water partition coefficient (Wildman–Crippen LogP) is 6.90. The lowest BCUT2D eigenvalue weighted by Gasteiger charge is -2.10. The number of hydrogen-bond donors (Lipinski definition) is 1. The molecule has 0 saturated heterocycles. The predicted molar refractivity (Wildman–Crippen MR) is 138 cm³/mol. The van der Waals surface area contributed by atoms with Crippen molar-refractivity contribution in [2.75, 3.05) is 11.1 Å². The highest BCUT2D eigenvalue weighted by molar-refractivity contribution is 8.01. The van der Waals surface area contributed by atoms with Crippen LogP contribution in [-0.2, 0) is 6.54 Å². The number of aryl methyl sites for hydroxylation is 1. The van der Waals surface area contributed by atoms with Crippen molar-refractivity contribution in [2.24, 2.45) is 0 Å². The molecule has 5 rings (SSSR count). The average molecular weight is 471 g/mol. The number of nitrogens with zero attached hydrogens (tertiary/aromatic N) is 3. The van der Waals surface area contributed by atoms with Crippen LogP contribution in [0.15, 0.2) is 89.3 Å². The number of rotatable bonds is 8. The van der Waals surface area contributed by atoms with Crippen LogP contribution in [0.1, 0.15) is 17.3 Å². The van der Waals surface area contributed by atoms with Gasteiger partial charge in [-0.3, -0.25) is 4.79 Å². The minimum Gasteiger partial charge on any atom is -0.340 e. The van der Waals surface area contributed by atoms with Gasteiger partial charge in [0.15, 0.2) is 10.1 Å². The number of anilines is 2. The highest BCUT2D eigenvalue weighted by atomic mass is 32.2. The first-order valence-electron chi connectivity index (χ1n) is 10.7. The number of carbonyl (C=O) groups is 1. The SMILES string of the molecule is CCn1c(-c2ccccc2)c(C(=O)CSc2nnc(Nc3ccccc3)s2)c2ccccc21. The molecule has 0 bridgehead atoms. The number of benzene rings is 3. The summed E-state index contributed by atoms with van der Waals surface area (Å²) < 4.78 is 3.00. The number of thioether (sulfide) groups is 1. The van der Waals surface area contributed by atoms with Crippen molar-refractivity contribution in [3.05, 3.63) is 90.5 Å². The second kappa shape index (κ2) is 9.60. The van der Waals surface area contributed by atoms with E-state index in [0.717, 1.165) is 44.3 Å². The molecule has 164 valence electrons. The van der Waals surface area contributed by atoms with Crippen molar-refractivity contribution in [2.45, 2.75) is 17.8 Å². The maximum absolute atomic E-state index is 13.6. The van der Waals surface area contributed by atoms with Crippen LogP contribution in [0.2, 0.25) is 0 Å². The topological polar surface area (TPSA) is 59.8 Å². The van der Waals surface area contributed by atoms with Gasteiger partial charge in [0.05, 0.1) is 17.0 Å². The minimum absolute atomic E-state index is 0.0926. The largest absolute Gasteiger partial charge is 0.340 e. The molecule has 5 nitrogen and oxygen atoms in total. The molecule has 0 unspecified atom stereocenters. The fraction of sp³-hybridized carbons (Fsp3) is 0.115. The van der Waals surface area contributed by atoms with E-state index in [2.05, 4.69) is 45.2 Å². The number of aromatic nitrogens is 3. The molecular formula is C26H22N4OS2. The van der Waals surface area contributed by atoms with Gasteiger partial charge in [0, 0.05) is 23.1 Å². The number of fused-ring (bicyclic) bond motifs is 1. The van der Waals surface area contributed by atoms with Gasteiger partial charge in [0.2, 0.25) is 5.13 Å². The molecule has 0 aliphatic carbocycles. The number of para-hydroxylation sites is 2. The van der Waals surface area contributed by atoms with Gasteiger partial charge < -0.3 is 9.88 Å². The molecule has 0 fully saturated rings. The van der Waals surface area contributed by atoms with E-state index in [1.807, 2.05) is 66.7 Å². The number of Topliss-reactive ketones (excluding diaryl/α,β-unsaturated/α-hetero) is 1. The summed E-state index contributed by atoms with van der Waals surface area (Å²) >= 11 is 2.88. The first-order chi connectivity index (χ1) is 16.2. The summed E-state index contributed by atoms with van der Waals surface area (Å²) in [6.45, 7) is 2.90. The number of nitrogens with one attached hydrogen (secondary N) is 1. The van der Waals surface area contributed by atoms with Crippen LogP contribution in [0.25, 0.3) is 22.2 Å². The lowest BCUT2D eigenvalue weighted by molar-refractivity contribution is 0.102. The van der Waals surface area contributed by atoms with Crippen LogP contribution in [-0.4, -0.2) is 26.3 Å². The summed E-state index contributed by atoms with van der Waals surface area (Å²) in [5.74, 6) is 0.396. The highest BCUT2D eigenvalue weighted by Gasteiger charge is 2.23. The summed E-state index contributed by atoms with van der Waals surface area (Å²) in [7, 11) is 0. The standard InChI is InChI=1S/C26H22N4OS2/c1-2-30-21-16-10-9-15-20(21)23(24(30)18-11-5-3-6-12-18)22(31)17-32-26-29-28-25(33-26)27-19-13-7-4-8-14-19/h3-16H,2,17H2,1H3,(H,27,28).